The zero-order chi connectivity index (χ0) is 11.1. The standard InChI is InChI=1S/C9H15N5O/c1-9(2)8(15)10-4-6(13-9)7-11-5-12-14(7)3/h5-6,13H,4H2,1-3H3,(H,10,15). The van der Waals surface area contributed by atoms with Crippen LogP contribution in [0.2, 0.25) is 0 Å². The normalized spacial score (nSPS) is 25.0. The Labute approximate surface area is 88.1 Å². The second kappa shape index (κ2) is 3.30. The highest BCUT2D eigenvalue weighted by Crippen LogP contribution is 2.17. The molecule has 0 aliphatic carbocycles. The first-order valence-corrected chi connectivity index (χ1v) is 4.90. The van der Waals surface area contributed by atoms with Crippen LogP contribution in [0.5, 0.6) is 0 Å². The molecule has 0 bridgehead atoms. The van der Waals surface area contributed by atoms with Gasteiger partial charge in [-0.2, -0.15) is 5.10 Å². The van der Waals surface area contributed by atoms with Gasteiger partial charge >= 0.3 is 0 Å². The number of hydrogen-bond donors (Lipinski definition) is 2. The Hall–Kier alpha value is -1.43. The first-order chi connectivity index (χ1) is 7.00. The van der Waals surface area contributed by atoms with Crippen molar-refractivity contribution in [2.45, 2.75) is 25.4 Å². The fraction of sp³-hybridized carbons (Fsp3) is 0.667. The number of carbonyl (C=O) groups excluding carboxylic acids is 1. The Kier molecular flexibility index (Phi) is 2.22. The predicted octanol–water partition coefficient (Wildman–Crippen LogP) is -0.646. The van der Waals surface area contributed by atoms with E-state index >= 15 is 0 Å². The fourth-order valence-electron chi connectivity index (χ4n) is 1.74. The molecular formula is C9H15N5O. The highest BCUT2D eigenvalue weighted by Gasteiger charge is 2.36. The van der Waals surface area contributed by atoms with Crippen LogP contribution in [0.3, 0.4) is 0 Å². The smallest absolute Gasteiger partial charge is 0.239 e. The third-order valence-electron chi connectivity index (χ3n) is 2.63. The molecule has 1 fully saturated rings. The molecule has 0 radical (unpaired) electrons. The molecule has 1 aliphatic heterocycles. The Morgan fingerprint density at radius 1 is 1.60 bits per heavy atom. The molecule has 1 aromatic rings. The number of aryl methyl sites for hydroxylation is 1. The van der Waals surface area contributed by atoms with Crippen molar-refractivity contribution < 1.29 is 4.79 Å². The Balaban J connectivity index is 2.21. The Morgan fingerprint density at radius 3 is 2.87 bits per heavy atom. The molecule has 2 N–H and O–H groups in total. The van der Waals surface area contributed by atoms with Crippen LogP contribution in [-0.2, 0) is 11.8 Å². The van der Waals surface area contributed by atoms with Gasteiger partial charge in [-0.15, -0.1) is 0 Å². The summed E-state index contributed by atoms with van der Waals surface area (Å²) in [5.74, 6) is 0.851. The summed E-state index contributed by atoms with van der Waals surface area (Å²) >= 11 is 0. The van der Waals surface area contributed by atoms with Crippen LogP contribution in [0.1, 0.15) is 25.7 Å². The van der Waals surface area contributed by atoms with E-state index in [0.29, 0.717) is 6.54 Å². The quantitative estimate of drug-likeness (QED) is 0.645. The highest BCUT2D eigenvalue weighted by atomic mass is 16.2. The summed E-state index contributed by atoms with van der Waals surface area (Å²) in [5, 5.41) is 10.1. The van der Waals surface area contributed by atoms with Gasteiger partial charge in [-0.25, -0.2) is 4.98 Å². The summed E-state index contributed by atoms with van der Waals surface area (Å²) in [4.78, 5) is 15.7. The van der Waals surface area contributed by atoms with E-state index in [-0.39, 0.29) is 11.9 Å². The summed E-state index contributed by atoms with van der Waals surface area (Å²) in [6.07, 6.45) is 1.51. The average Bonchev–Trinajstić information content (AvgIpc) is 2.56. The van der Waals surface area contributed by atoms with E-state index in [1.165, 1.54) is 6.33 Å². The maximum Gasteiger partial charge on any atom is 0.239 e. The van der Waals surface area contributed by atoms with Gasteiger partial charge in [-0.3, -0.25) is 14.8 Å². The van der Waals surface area contributed by atoms with Gasteiger partial charge in [0.25, 0.3) is 0 Å². The van der Waals surface area contributed by atoms with Crippen molar-refractivity contribution in [3.05, 3.63) is 12.2 Å². The monoisotopic (exact) mass is 209 g/mol. The number of rotatable bonds is 1. The van der Waals surface area contributed by atoms with Gasteiger partial charge in [-0.05, 0) is 13.8 Å². The SMILES string of the molecule is Cn1ncnc1C1CNC(=O)C(C)(C)N1. The molecule has 82 valence electrons. The number of nitrogens with one attached hydrogen (secondary N) is 2. The zero-order valence-corrected chi connectivity index (χ0v) is 9.11. The molecule has 1 atom stereocenters. The maximum absolute atomic E-state index is 11.5. The molecule has 6 nitrogen and oxygen atoms in total. The summed E-state index contributed by atoms with van der Waals surface area (Å²) in [7, 11) is 1.84. The predicted molar refractivity (Wildman–Crippen MR) is 54.0 cm³/mol. The number of piperazine rings is 1. The number of aromatic nitrogens is 3. The summed E-state index contributed by atoms with van der Waals surface area (Å²) in [6, 6.07) is 0.0187. The van der Waals surface area contributed by atoms with Gasteiger partial charge in [0, 0.05) is 13.6 Å². The Morgan fingerprint density at radius 2 is 2.33 bits per heavy atom. The maximum atomic E-state index is 11.5. The largest absolute Gasteiger partial charge is 0.352 e. The van der Waals surface area contributed by atoms with Crippen molar-refractivity contribution >= 4 is 5.91 Å². The number of nitrogens with zero attached hydrogens (tertiary/aromatic N) is 3. The second-order valence-electron chi connectivity index (χ2n) is 4.27. The van der Waals surface area contributed by atoms with Crippen molar-refractivity contribution in [1.82, 2.24) is 25.4 Å². The van der Waals surface area contributed by atoms with Crippen LogP contribution in [0.4, 0.5) is 0 Å². The van der Waals surface area contributed by atoms with Crippen molar-refractivity contribution in [2.24, 2.45) is 7.05 Å². The minimum Gasteiger partial charge on any atom is -0.352 e. The molecule has 1 aromatic heterocycles. The minimum atomic E-state index is -0.561. The van der Waals surface area contributed by atoms with E-state index in [1.807, 2.05) is 20.9 Å². The molecule has 1 aliphatic rings. The number of amides is 1. The van der Waals surface area contributed by atoms with Gasteiger partial charge in [0.15, 0.2) is 0 Å². The van der Waals surface area contributed by atoms with Crippen LogP contribution in [0.15, 0.2) is 6.33 Å². The van der Waals surface area contributed by atoms with Crippen LogP contribution < -0.4 is 10.6 Å². The molecule has 6 heteroatoms. The molecule has 2 heterocycles. The summed E-state index contributed by atoms with van der Waals surface area (Å²) in [5.41, 5.74) is -0.561. The molecule has 2 rings (SSSR count). The van der Waals surface area contributed by atoms with Gasteiger partial charge in [0.05, 0.1) is 11.6 Å². The summed E-state index contributed by atoms with van der Waals surface area (Å²) in [6.45, 7) is 4.25. The van der Waals surface area contributed by atoms with E-state index in [0.717, 1.165) is 5.82 Å². The topological polar surface area (TPSA) is 71.8 Å². The zero-order valence-electron chi connectivity index (χ0n) is 9.11. The van der Waals surface area contributed by atoms with Crippen molar-refractivity contribution in [2.75, 3.05) is 6.54 Å². The van der Waals surface area contributed by atoms with E-state index in [2.05, 4.69) is 20.7 Å². The van der Waals surface area contributed by atoms with E-state index in [4.69, 9.17) is 0 Å². The lowest BCUT2D eigenvalue weighted by Gasteiger charge is -2.35. The van der Waals surface area contributed by atoms with Crippen LogP contribution in [0.25, 0.3) is 0 Å². The molecule has 1 unspecified atom stereocenters. The third-order valence-corrected chi connectivity index (χ3v) is 2.63. The van der Waals surface area contributed by atoms with Crippen molar-refractivity contribution in [3.8, 4) is 0 Å². The van der Waals surface area contributed by atoms with E-state index in [9.17, 15) is 4.79 Å². The summed E-state index contributed by atoms with van der Waals surface area (Å²) < 4.78 is 1.71. The molecule has 0 saturated carbocycles. The fourth-order valence-corrected chi connectivity index (χ4v) is 1.74. The van der Waals surface area contributed by atoms with Crippen molar-refractivity contribution in [1.29, 1.82) is 0 Å². The van der Waals surface area contributed by atoms with Gasteiger partial charge in [-0.1, -0.05) is 0 Å². The van der Waals surface area contributed by atoms with Gasteiger partial charge in [0.1, 0.15) is 12.2 Å². The minimum absolute atomic E-state index is 0.0147. The van der Waals surface area contributed by atoms with E-state index in [1.54, 1.807) is 4.68 Å². The lowest BCUT2D eigenvalue weighted by molar-refractivity contribution is -0.128. The highest BCUT2D eigenvalue weighted by molar-refractivity contribution is 5.86. The van der Waals surface area contributed by atoms with Crippen LogP contribution in [0, 0.1) is 0 Å². The van der Waals surface area contributed by atoms with Gasteiger partial charge < -0.3 is 5.32 Å². The first-order valence-electron chi connectivity index (χ1n) is 4.90. The molecule has 0 spiro atoms. The van der Waals surface area contributed by atoms with Crippen molar-refractivity contribution in [3.63, 3.8) is 0 Å². The molecule has 1 saturated heterocycles. The van der Waals surface area contributed by atoms with Crippen LogP contribution >= 0.6 is 0 Å². The first kappa shape index (κ1) is 10.1. The lowest BCUT2D eigenvalue weighted by Crippen LogP contribution is -2.61. The third kappa shape index (κ3) is 1.72. The second-order valence-corrected chi connectivity index (χ2v) is 4.27. The van der Waals surface area contributed by atoms with Gasteiger partial charge in [0.2, 0.25) is 5.91 Å². The average molecular weight is 209 g/mol. The Bertz CT molecular complexity index is 384. The number of hydrogen-bond acceptors (Lipinski definition) is 4. The van der Waals surface area contributed by atoms with Crippen LogP contribution in [-0.4, -0.2) is 32.8 Å². The molecule has 15 heavy (non-hydrogen) atoms. The molecular weight excluding hydrogens is 194 g/mol. The molecule has 0 aromatic carbocycles. The number of carbonyl (C=O) groups is 1. The molecule has 1 amide bonds. The van der Waals surface area contributed by atoms with E-state index < -0.39 is 5.54 Å². The lowest BCUT2D eigenvalue weighted by atomic mass is 9.99.